The minimum absolute atomic E-state index is 0.0351. The maximum atomic E-state index is 13.4. The maximum absolute atomic E-state index is 13.4. The molecule has 0 aliphatic carbocycles. The lowest BCUT2D eigenvalue weighted by Gasteiger charge is -2.14. The van der Waals surface area contributed by atoms with Gasteiger partial charge in [-0.1, -0.05) is 6.92 Å². The summed E-state index contributed by atoms with van der Waals surface area (Å²) in [5.74, 6) is -0.993. The van der Waals surface area contributed by atoms with E-state index in [9.17, 15) is 8.78 Å². The molecule has 2 unspecified atom stereocenters. The van der Waals surface area contributed by atoms with E-state index in [1.165, 1.54) is 12.3 Å². The van der Waals surface area contributed by atoms with Gasteiger partial charge in [-0.2, -0.15) is 0 Å². The van der Waals surface area contributed by atoms with Gasteiger partial charge in [-0.15, -0.1) is 0 Å². The molecule has 0 radical (unpaired) electrons. The van der Waals surface area contributed by atoms with Crippen molar-refractivity contribution in [3.8, 4) is 0 Å². The van der Waals surface area contributed by atoms with Crippen molar-refractivity contribution in [2.45, 2.75) is 13.1 Å². The minimum atomic E-state index is -1.35. The van der Waals surface area contributed by atoms with E-state index in [0.29, 0.717) is 0 Å². The number of pyridine rings is 1. The Morgan fingerprint density at radius 2 is 2.31 bits per heavy atom. The van der Waals surface area contributed by atoms with Crippen LogP contribution in [0.3, 0.4) is 0 Å². The Morgan fingerprint density at radius 3 is 2.85 bits per heavy atom. The summed E-state index contributed by atoms with van der Waals surface area (Å²) in [4.78, 5) is 3.54. The molecule has 2 nitrogen and oxygen atoms in total. The molecule has 0 amide bonds. The molecule has 2 atom stereocenters. The minimum Gasteiger partial charge on any atom is -0.330 e. The predicted molar refractivity (Wildman–Crippen MR) is 46.3 cm³/mol. The number of nitrogens with zero attached hydrogens (tertiary/aromatic N) is 1. The molecular weight excluding hydrogens is 174 g/mol. The molecule has 72 valence electrons. The third-order valence-corrected chi connectivity index (χ3v) is 1.97. The number of hydrogen-bond acceptors (Lipinski definition) is 2. The highest BCUT2D eigenvalue weighted by Crippen LogP contribution is 2.26. The van der Waals surface area contributed by atoms with Crippen LogP contribution in [0.4, 0.5) is 8.78 Å². The van der Waals surface area contributed by atoms with Crippen molar-refractivity contribution in [3.63, 3.8) is 0 Å². The lowest BCUT2D eigenvalue weighted by atomic mass is 10.00. The van der Waals surface area contributed by atoms with Crippen LogP contribution < -0.4 is 5.73 Å². The van der Waals surface area contributed by atoms with Gasteiger partial charge < -0.3 is 5.73 Å². The highest BCUT2D eigenvalue weighted by atomic mass is 19.1. The molecule has 1 heterocycles. The summed E-state index contributed by atoms with van der Waals surface area (Å²) in [5, 5.41) is 0. The van der Waals surface area contributed by atoms with Gasteiger partial charge in [0.25, 0.3) is 0 Å². The average Bonchev–Trinajstić information content (AvgIpc) is 2.16. The van der Waals surface area contributed by atoms with Gasteiger partial charge >= 0.3 is 0 Å². The Labute approximate surface area is 75.8 Å². The summed E-state index contributed by atoms with van der Waals surface area (Å²) in [7, 11) is 0. The van der Waals surface area contributed by atoms with E-state index < -0.39 is 12.0 Å². The van der Waals surface area contributed by atoms with E-state index in [4.69, 9.17) is 5.73 Å². The van der Waals surface area contributed by atoms with Crippen LogP contribution in [0.25, 0.3) is 0 Å². The molecule has 2 N–H and O–H groups in total. The van der Waals surface area contributed by atoms with E-state index >= 15 is 0 Å². The van der Waals surface area contributed by atoms with Gasteiger partial charge in [-0.05, 0) is 12.6 Å². The number of rotatable bonds is 3. The second-order valence-electron chi connectivity index (χ2n) is 3.01. The van der Waals surface area contributed by atoms with Crippen molar-refractivity contribution in [1.82, 2.24) is 4.98 Å². The summed E-state index contributed by atoms with van der Waals surface area (Å²) >= 11 is 0. The van der Waals surface area contributed by atoms with E-state index in [-0.39, 0.29) is 18.0 Å². The topological polar surface area (TPSA) is 38.9 Å². The van der Waals surface area contributed by atoms with Crippen LogP contribution in [-0.2, 0) is 0 Å². The molecule has 0 aliphatic rings. The summed E-state index contributed by atoms with van der Waals surface area (Å²) < 4.78 is 26.4. The SMILES string of the molecule is CC(CN)C(F)c1ccncc1F. The first kappa shape index (κ1) is 10.1. The number of nitrogens with two attached hydrogens (primary N) is 1. The van der Waals surface area contributed by atoms with Crippen molar-refractivity contribution in [3.05, 3.63) is 29.8 Å². The van der Waals surface area contributed by atoms with Crippen LogP contribution >= 0.6 is 0 Å². The van der Waals surface area contributed by atoms with Gasteiger partial charge in [0.1, 0.15) is 12.0 Å². The molecule has 1 aromatic heterocycles. The van der Waals surface area contributed by atoms with Gasteiger partial charge in [-0.3, -0.25) is 4.98 Å². The number of hydrogen-bond donors (Lipinski definition) is 1. The summed E-state index contributed by atoms with van der Waals surface area (Å²) in [6.07, 6.45) is 1.02. The molecule has 1 aromatic rings. The molecule has 0 aromatic carbocycles. The van der Waals surface area contributed by atoms with Crippen LogP contribution in [0, 0.1) is 11.7 Å². The highest BCUT2D eigenvalue weighted by molar-refractivity contribution is 5.16. The van der Waals surface area contributed by atoms with Crippen LogP contribution in [-0.4, -0.2) is 11.5 Å². The first-order chi connectivity index (χ1) is 6.16. The van der Waals surface area contributed by atoms with Crippen molar-refractivity contribution in [2.75, 3.05) is 6.54 Å². The molecule has 13 heavy (non-hydrogen) atoms. The molecule has 1 rings (SSSR count). The van der Waals surface area contributed by atoms with Crippen LogP contribution in [0.2, 0.25) is 0 Å². The van der Waals surface area contributed by atoms with Gasteiger partial charge in [0.05, 0.1) is 6.20 Å². The second-order valence-corrected chi connectivity index (χ2v) is 3.01. The van der Waals surface area contributed by atoms with E-state index in [1.54, 1.807) is 6.92 Å². The Hall–Kier alpha value is -1.03. The quantitative estimate of drug-likeness (QED) is 0.782. The monoisotopic (exact) mass is 186 g/mol. The smallest absolute Gasteiger partial charge is 0.147 e. The molecular formula is C9H12F2N2. The lowest BCUT2D eigenvalue weighted by Crippen LogP contribution is -2.17. The fourth-order valence-corrected chi connectivity index (χ4v) is 1.04. The largest absolute Gasteiger partial charge is 0.330 e. The van der Waals surface area contributed by atoms with Crippen LogP contribution in [0.5, 0.6) is 0 Å². The standard InChI is InChI=1S/C9H12F2N2/c1-6(4-12)9(11)7-2-3-13-5-8(7)10/h2-3,5-6,9H,4,12H2,1H3. The molecule has 0 fully saturated rings. The van der Waals surface area contributed by atoms with Gasteiger partial charge in [-0.25, -0.2) is 8.78 Å². The summed E-state index contributed by atoms with van der Waals surface area (Å²) in [6, 6.07) is 1.34. The molecule has 0 spiro atoms. The number of aromatic nitrogens is 1. The molecule has 4 heteroatoms. The zero-order valence-electron chi connectivity index (χ0n) is 7.37. The molecule has 0 saturated heterocycles. The molecule has 0 saturated carbocycles. The molecule has 0 bridgehead atoms. The highest BCUT2D eigenvalue weighted by Gasteiger charge is 2.20. The first-order valence-corrected chi connectivity index (χ1v) is 4.10. The summed E-state index contributed by atoms with van der Waals surface area (Å²) in [6.45, 7) is 1.84. The van der Waals surface area contributed by atoms with E-state index in [2.05, 4.69) is 4.98 Å². The third-order valence-electron chi connectivity index (χ3n) is 1.97. The third kappa shape index (κ3) is 2.21. The van der Waals surface area contributed by atoms with E-state index in [0.717, 1.165) is 6.20 Å². The first-order valence-electron chi connectivity index (χ1n) is 4.10. The van der Waals surface area contributed by atoms with Crippen LogP contribution in [0.1, 0.15) is 18.7 Å². The number of halogens is 2. The normalized spacial score (nSPS) is 15.4. The summed E-state index contributed by atoms with van der Waals surface area (Å²) in [5.41, 5.74) is 5.32. The van der Waals surface area contributed by atoms with Crippen molar-refractivity contribution in [2.24, 2.45) is 11.7 Å². The van der Waals surface area contributed by atoms with Crippen LogP contribution in [0.15, 0.2) is 18.5 Å². The van der Waals surface area contributed by atoms with Gasteiger partial charge in [0.15, 0.2) is 0 Å². The Kier molecular flexibility index (Phi) is 3.31. The second kappa shape index (κ2) is 4.28. The predicted octanol–water partition coefficient (Wildman–Crippen LogP) is 1.83. The van der Waals surface area contributed by atoms with Gasteiger partial charge in [0, 0.05) is 17.7 Å². The average molecular weight is 186 g/mol. The van der Waals surface area contributed by atoms with E-state index in [1.807, 2.05) is 0 Å². The fraction of sp³-hybridized carbons (Fsp3) is 0.444. The Balaban J connectivity index is 2.88. The maximum Gasteiger partial charge on any atom is 0.147 e. The molecule has 0 aliphatic heterocycles. The zero-order chi connectivity index (χ0) is 9.84. The van der Waals surface area contributed by atoms with Crippen molar-refractivity contribution in [1.29, 1.82) is 0 Å². The lowest BCUT2D eigenvalue weighted by molar-refractivity contribution is 0.244. The zero-order valence-corrected chi connectivity index (χ0v) is 7.37. The van der Waals surface area contributed by atoms with Crippen molar-refractivity contribution < 1.29 is 8.78 Å². The van der Waals surface area contributed by atoms with Crippen molar-refractivity contribution >= 4 is 0 Å². The Morgan fingerprint density at radius 1 is 1.62 bits per heavy atom. The Bertz CT molecular complexity index is 278. The fourth-order valence-electron chi connectivity index (χ4n) is 1.04. The number of alkyl halides is 1. The van der Waals surface area contributed by atoms with Gasteiger partial charge in [0.2, 0.25) is 0 Å².